The number of rotatable bonds is 14. The lowest BCUT2D eigenvalue weighted by Crippen LogP contribution is -2.41. The second-order valence-electron chi connectivity index (χ2n) is 11.0. The number of hydrogen-bond acceptors (Lipinski definition) is 3. The maximum absolute atomic E-state index is 12.7. The van der Waals surface area contributed by atoms with E-state index in [1.807, 2.05) is 6.92 Å². The Morgan fingerprint density at radius 2 is 1.33 bits per heavy atom. The highest BCUT2D eigenvalue weighted by atomic mass is 16.5. The van der Waals surface area contributed by atoms with Gasteiger partial charge in [-0.3, -0.25) is 4.79 Å². The van der Waals surface area contributed by atoms with Crippen molar-refractivity contribution >= 4 is 5.78 Å². The van der Waals surface area contributed by atoms with Gasteiger partial charge in [-0.25, -0.2) is 0 Å². The highest BCUT2D eigenvalue weighted by Crippen LogP contribution is 2.36. The van der Waals surface area contributed by atoms with Gasteiger partial charge in [-0.15, -0.1) is 0 Å². The number of Topliss-reactive ketones (excluding diaryl/α,β-unsaturated/α-hetero) is 1. The fraction of sp³-hybridized carbons (Fsp3) is 0.700. The average molecular weight is 459 g/mol. The van der Waals surface area contributed by atoms with Gasteiger partial charge < -0.3 is 9.84 Å². The van der Waals surface area contributed by atoms with Crippen LogP contribution < -0.4 is 0 Å². The monoisotopic (exact) mass is 458 g/mol. The first-order valence-electron chi connectivity index (χ1n) is 12.9. The Hall–Kier alpha value is -1.45. The smallest absolute Gasteiger partial charge is 0.164 e. The van der Waals surface area contributed by atoms with Crippen LogP contribution in [0.25, 0.3) is 0 Å². The summed E-state index contributed by atoms with van der Waals surface area (Å²) in [6.07, 6.45) is 18.4. The number of hydrogen-bond donors (Lipinski definition) is 1. The third-order valence-electron chi connectivity index (χ3n) is 6.69. The Labute approximate surface area is 204 Å². The SMILES string of the molecule is CC(C)=CCC/C(C)=C/CC/C(C)=C/CC/C=C(\C)CCC(=O)[C@@]1(C)CC[C@H](C(C)(C)O)O1. The van der Waals surface area contributed by atoms with Crippen LogP contribution in [0.2, 0.25) is 0 Å². The zero-order valence-corrected chi connectivity index (χ0v) is 22.7. The second-order valence-corrected chi connectivity index (χ2v) is 11.0. The first-order chi connectivity index (χ1) is 15.3. The molecular formula is C30H50O3. The molecule has 0 spiro atoms. The Bertz CT molecular complexity index is 741. The second kappa shape index (κ2) is 14.1. The van der Waals surface area contributed by atoms with Gasteiger partial charge in [0.1, 0.15) is 5.60 Å². The molecule has 3 heteroatoms. The predicted octanol–water partition coefficient (Wildman–Crippen LogP) is 8.19. The Kier molecular flexibility index (Phi) is 12.6. The minimum atomic E-state index is -0.903. The molecule has 188 valence electrons. The molecule has 0 aromatic heterocycles. The van der Waals surface area contributed by atoms with Crippen molar-refractivity contribution in [3.8, 4) is 0 Å². The minimum Gasteiger partial charge on any atom is -0.388 e. The molecule has 33 heavy (non-hydrogen) atoms. The van der Waals surface area contributed by atoms with Gasteiger partial charge in [-0.2, -0.15) is 0 Å². The molecule has 1 saturated heterocycles. The number of ether oxygens (including phenoxy) is 1. The maximum Gasteiger partial charge on any atom is 0.164 e. The van der Waals surface area contributed by atoms with Crippen molar-refractivity contribution in [1.29, 1.82) is 0 Å². The van der Waals surface area contributed by atoms with Gasteiger partial charge in [0.05, 0.1) is 11.7 Å². The first-order valence-corrected chi connectivity index (χ1v) is 12.9. The zero-order valence-electron chi connectivity index (χ0n) is 22.7. The molecule has 0 radical (unpaired) electrons. The lowest BCUT2D eigenvalue weighted by Gasteiger charge is -2.29. The van der Waals surface area contributed by atoms with E-state index in [1.165, 1.54) is 22.3 Å². The molecule has 0 aromatic carbocycles. The van der Waals surface area contributed by atoms with Crippen molar-refractivity contribution in [1.82, 2.24) is 0 Å². The normalized spacial score (nSPS) is 22.6. The molecule has 0 aliphatic carbocycles. The summed E-state index contributed by atoms with van der Waals surface area (Å²) >= 11 is 0. The fourth-order valence-corrected chi connectivity index (χ4v) is 4.22. The van der Waals surface area contributed by atoms with Crippen LogP contribution in [-0.4, -0.2) is 28.2 Å². The number of unbranched alkanes of at least 4 members (excludes halogenated alkanes) is 1. The van der Waals surface area contributed by atoms with Crippen LogP contribution in [0.1, 0.15) is 120 Å². The van der Waals surface area contributed by atoms with E-state index in [9.17, 15) is 9.90 Å². The number of allylic oxidation sites excluding steroid dienone is 8. The maximum atomic E-state index is 12.7. The quantitative estimate of drug-likeness (QED) is 0.211. The van der Waals surface area contributed by atoms with E-state index >= 15 is 0 Å². The molecule has 1 N–H and O–H groups in total. The third-order valence-corrected chi connectivity index (χ3v) is 6.69. The van der Waals surface area contributed by atoms with Crippen molar-refractivity contribution in [2.45, 2.75) is 137 Å². The number of aliphatic hydroxyl groups is 1. The van der Waals surface area contributed by atoms with Gasteiger partial charge in [-0.1, -0.05) is 46.6 Å². The van der Waals surface area contributed by atoms with E-state index < -0.39 is 11.2 Å². The summed E-state index contributed by atoms with van der Waals surface area (Å²) in [5.74, 6) is 0.155. The highest BCUT2D eigenvalue weighted by Gasteiger charge is 2.46. The van der Waals surface area contributed by atoms with Crippen LogP contribution in [0, 0.1) is 0 Å². The molecule has 1 aliphatic rings. The van der Waals surface area contributed by atoms with Crippen LogP contribution in [0.4, 0.5) is 0 Å². The molecule has 2 atom stereocenters. The molecule has 0 amide bonds. The molecule has 1 aliphatic heterocycles. The molecular weight excluding hydrogens is 408 g/mol. The predicted molar refractivity (Wildman–Crippen MR) is 141 cm³/mol. The van der Waals surface area contributed by atoms with E-state index in [-0.39, 0.29) is 11.9 Å². The third kappa shape index (κ3) is 12.0. The fourth-order valence-electron chi connectivity index (χ4n) is 4.22. The molecule has 0 saturated carbocycles. The summed E-state index contributed by atoms with van der Waals surface area (Å²) in [5, 5.41) is 10.2. The topological polar surface area (TPSA) is 46.5 Å². The number of ketones is 1. The first kappa shape index (κ1) is 29.6. The average Bonchev–Trinajstić information content (AvgIpc) is 3.13. The van der Waals surface area contributed by atoms with E-state index in [0.717, 1.165) is 51.4 Å². The van der Waals surface area contributed by atoms with Crippen molar-refractivity contribution < 1.29 is 14.6 Å². The standard InChI is InChI=1S/C30H50O3/c1-23(2)13-11-16-25(4)18-12-17-24(3)14-9-10-15-26(5)19-20-27(31)30(8)22-21-28(33-30)29(6,7)32/h13-15,18,28,32H,9-12,16-17,19-22H2,1-8H3/b24-14+,25-18+,26-15+/t28-,30-/m1/s1. The summed E-state index contributed by atoms with van der Waals surface area (Å²) < 4.78 is 5.97. The van der Waals surface area contributed by atoms with Gasteiger partial charge in [0.2, 0.25) is 0 Å². The zero-order chi connectivity index (χ0) is 25.1. The van der Waals surface area contributed by atoms with Crippen LogP contribution >= 0.6 is 0 Å². The summed E-state index contributed by atoms with van der Waals surface area (Å²) in [4.78, 5) is 12.7. The van der Waals surface area contributed by atoms with Crippen LogP contribution in [-0.2, 0) is 9.53 Å². The van der Waals surface area contributed by atoms with Crippen molar-refractivity contribution in [3.63, 3.8) is 0 Å². The summed E-state index contributed by atoms with van der Waals surface area (Å²) in [5.41, 5.74) is 3.96. The molecule has 0 bridgehead atoms. The van der Waals surface area contributed by atoms with Crippen LogP contribution in [0.3, 0.4) is 0 Å². The van der Waals surface area contributed by atoms with Gasteiger partial charge >= 0.3 is 0 Å². The Morgan fingerprint density at radius 1 is 0.848 bits per heavy atom. The molecule has 3 nitrogen and oxygen atoms in total. The van der Waals surface area contributed by atoms with Gasteiger partial charge in [0.15, 0.2) is 5.78 Å². The molecule has 1 fully saturated rings. The Balaban J connectivity index is 2.31. The van der Waals surface area contributed by atoms with Crippen LogP contribution in [0.5, 0.6) is 0 Å². The largest absolute Gasteiger partial charge is 0.388 e. The van der Waals surface area contributed by atoms with E-state index in [4.69, 9.17) is 4.74 Å². The van der Waals surface area contributed by atoms with E-state index in [2.05, 4.69) is 58.9 Å². The molecule has 1 rings (SSSR count). The van der Waals surface area contributed by atoms with Crippen molar-refractivity contribution in [2.24, 2.45) is 0 Å². The molecule has 1 heterocycles. The molecule has 0 aromatic rings. The lowest BCUT2D eigenvalue weighted by molar-refractivity contribution is -0.152. The van der Waals surface area contributed by atoms with E-state index in [1.54, 1.807) is 13.8 Å². The number of carbonyl (C=O) groups excluding carboxylic acids is 1. The number of carbonyl (C=O) groups is 1. The Morgan fingerprint density at radius 3 is 1.82 bits per heavy atom. The van der Waals surface area contributed by atoms with Gasteiger partial charge in [-0.05, 0) is 113 Å². The highest BCUT2D eigenvalue weighted by molar-refractivity contribution is 5.87. The molecule has 0 unspecified atom stereocenters. The van der Waals surface area contributed by atoms with E-state index in [0.29, 0.717) is 12.8 Å². The van der Waals surface area contributed by atoms with Crippen molar-refractivity contribution in [3.05, 3.63) is 46.6 Å². The van der Waals surface area contributed by atoms with Gasteiger partial charge in [0, 0.05) is 6.42 Å². The minimum absolute atomic E-state index is 0.155. The summed E-state index contributed by atoms with van der Waals surface area (Å²) in [6.45, 7) is 16.3. The van der Waals surface area contributed by atoms with Gasteiger partial charge in [0.25, 0.3) is 0 Å². The summed E-state index contributed by atoms with van der Waals surface area (Å²) in [7, 11) is 0. The van der Waals surface area contributed by atoms with Crippen LogP contribution in [0.15, 0.2) is 46.6 Å². The lowest BCUT2D eigenvalue weighted by atomic mass is 9.91. The van der Waals surface area contributed by atoms with Crippen molar-refractivity contribution in [2.75, 3.05) is 0 Å². The summed E-state index contributed by atoms with van der Waals surface area (Å²) in [6, 6.07) is 0.